The maximum Gasteiger partial charge on any atom is 0.226 e. The SMILES string of the molecule is CC(Nc1nc(Cl)nc2c1ncn2[C@H]1[C@H](O)[C@H](O)[C@@H]2C[C@@H]21)C1CC1. The summed E-state index contributed by atoms with van der Waals surface area (Å²) < 4.78 is 1.86. The molecule has 2 aromatic heterocycles. The van der Waals surface area contributed by atoms with Crippen LogP contribution >= 0.6 is 11.6 Å². The van der Waals surface area contributed by atoms with Gasteiger partial charge < -0.3 is 20.1 Å². The molecule has 7 nitrogen and oxygen atoms in total. The number of halogens is 1. The number of aliphatic hydroxyl groups is 2. The van der Waals surface area contributed by atoms with E-state index >= 15 is 0 Å². The van der Waals surface area contributed by atoms with Crippen molar-refractivity contribution in [1.29, 1.82) is 0 Å². The molecule has 2 heterocycles. The predicted molar refractivity (Wildman–Crippen MR) is 88.8 cm³/mol. The van der Waals surface area contributed by atoms with Crippen LogP contribution in [0.5, 0.6) is 0 Å². The molecule has 3 saturated carbocycles. The Hall–Kier alpha value is -1.44. The highest BCUT2D eigenvalue weighted by molar-refractivity contribution is 6.28. The Bertz CT molecular complexity index is 807. The molecule has 3 aliphatic rings. The van der Waals surface area contributed by atoms with E-state index in [2.05, 4.69) is 27.2 Å². The first kappa shape index (κ1) is 14.9. The number of aliphatic hydroxyl groups excluding tert-OH is 2. The van der Waals surface area contributed by atoms with Gasteiger partial charge in [0, 0.05) is 6.04 Å². The van der Waals surface area contributed by atoms with E-state index in [1.165, 1.54) is 12.8 Å². The average Bonchev–Trinajstić information content (AvgIpc) is 3.44. The van der Waals surface area contributed by atoms with E-state index in [1.807, 2.05) is 4.57 Å². The summed E-state index contributed by atoms with van der Waals surface area (Å²) in [5.74, 6) is 1.79. The molecule has 24 heavy (non-hydrogen) atoms. The van der Waals surface area contributed by atoms with Crippen molar-refractivity contribution >= 4 is 28.6 Å². The van der Waals surface area contributed by atoms with Crippen molar-refractivity contribution in [1.82, 2.24) is 19.5 Å². The second-order valence-corrected chi connectivity index (χ2v) is 7.81. The molecule has 0 amide bonds. The molecule has 3 fully saturated rings. The van der Waals surface area contributed by atoms with Crippen LogP contribution in [-0.2, 0) is 0 Å². The van der Waals surface area contributed by atoms with Crippen LogP contribution in [0.25, 0.3) is 11.2 Å². The molecule has 0 saturated heterocycles. The van der Waals surface area contributed by atoms with Gasteiger partial charge in [0.15, 0.2) is 17.0 Å². The van der Waals surface area contributed by atoms with Gasteiger partial charge in [-0.15, -0.1) is 0 Å². The third-order valence-corrected chi connectivity index (χ3v) is 6.05. The zero-order valence-corrected chi connectivity index (χ0v) is 14.1. The van der Waals surface area contributed by atoms with Crippen molar-refractivity contribution in [3.05, 3.63) is 11.6 Å². The van der Waals surface area contributed by atoms with Crippen LogP contribution in [0.4, 0.5) is 5.82 Å². The summed E-state index contributed by atoms with van der Waals surface area (Å²) in [4.78, 5) is 13.1. The van der Waals surface area contributed by atoms with Gasteiger partial charge in [-0.25, -0.2) is 4.98 Å². The van der Waals surface area contributed by atoms with E-state index in [0.717, 1.165) is 6.42 Å². The molecule has 0 radical (unpaired) electrons. The lowest BCUT2D eigenvalue weighted by molar-refractivity contribution is 0.00386. The smallest absolute Gasteiger partial charge is 0.226 e. The summed E-state index contributed by atoms with van der Waals surface area (Å²) in [6.07, 6.45) is 3.64. The van der Waals surface area contributed by atoms with Crippen molar-refractivity contribution in [3.63, 3.8) is 0 Å². The second kappa shape index (κ2) is 5.03. The van der Waals surface area contributed by atoms with Gasteiger partial charge in [-0.2, -0.15) is 9.97 Å². The normalized spacial score (nSPS) is 35.9. The highest BCUT2D eigenvalue weighted by Gasteiger charge is 2.60. The third kappa shape index (κ3) is 2.14. The minimum absolute atomic E-state index is 0.162. The Morgan fingerprint density at radius 1 is 1.25 bits per heavy atom. The first-order valence-corrected chi connectivity index (χ1v) is 8.95. The van der Waals surface area contributed by atoms with Crippen LogP contribution in [-0.4, -0.2) is 48.0 Å². The van der Waals surface area contributed by atoms with Crippen LogP contribution in [0.3, 0.4) is 0 Å². The number of nitrogens with one attached hydrogen (secondary N) is 1. The Balaban J connectivity index is 1.55. The minimum atomic E-state index is -0.790. The molecule has 6 atom stereocenters. The van der Waals surface area contributed by atoms with Gasteiger partial charge in [0.05, 0.1) is 18.5 Å². The molecule has 0 bridgehead atoms. The Morgan fingerprint density at radius 2 is 2.04 bits per heavy atom. The number of hydrogen-bond acceptors (Lipinski definition) is 6. The zero-order valence-electron chi connectivity index (χ0n) is 13.3. The second-order valence-electron chi connectivity index (χ2n) is 7.47. The Labute approximate surface area is 144 Å². The number of nitrogens with zero attached hydrogens (tertiary/aromatic N) is 4. The van der Waals surface area contributed by atoms with Crippen molar-refractivity contribution in [3.8, 4) is 0 Å². The summed E-state index contributed by atoms with van der Waals surface area (Å²) in [5, 5.41) is 24.0. The largest absolute Gasteiger partial charge is 0.390 e. The van der Waals surface area contributed by atoms with Crippen LogP contribution in [0.1, 0.15) is 32.2 Å². The highest BCUT2D eigenvalue weighted by atomic mass is 35.5. The molecule has 1 unspecified atom stereocenters. The number of rotatable bonds is 4. The Morgan fingerprint density at radius 3 is 2.71 bits per heavy atom. The van der Waals surface area contributed by atoms with Crippen LogP contribution in [0.2, 0.25) is 5.28 Å². The summed E-state index contributed by atoms with van der Waals surface area (Å²) in [6.45, 7) is 2.14. The number of imidazole rings is 1. The molecular weight excluding hydrogens is 330 g/mol. The van der Waals surface area contributed by atoms with Gasteiger partial charge in [0.2, 0.25) is 5.28 Å². The highest BCUT2D eigenvalue weighted by Crippen LogP contribution is 2.57. The molecule has 3 N–H and O–H groups in total. The first-order valence-electron chi connectivity index (χ1n) is 8.57. The molecule has 0 spiro atoms. The minimum Gasteiger partial charge on any atom is -0.390 e. The number of fused-ring (bicyclic) bond motifs is 2. The quantitative estimate of drug-likeness (QED) is 0.726. The van der Waals surface area contributed by atoms with Crippen molar-refractivity contribution < 1.29 is 10.2 Å². The maximum atomic E-state index is 10.4. The van der Waals surface area contributed by atoms with Crippen molar-refractivity contribution in [2.45, 2.75) is 50.5 Å². The lowest BCUT2D eigenvalue weighted by Crippen LogP contribution is -2.31. The third-order valence-electron chi connectivity index (χ3n) is 5.88. The molecule has 128 valence electrons. The first-order chi connectivity index (χ1) is 11.5. The van der Waals surface area contributed by atoms with E-state index < -0.39 is 12.2 Å². The molecule has 5 rings (SSSR count). The fraction of sp³-hybridized carbons (Fsp3) is 0.688. The summed E-state index contributed by atoms with van der Waals surface area (Å²) in [5.41, 5.74) is 1.28. The Kier molecular flexibility index (Phi) is 3.12. The fourth-order valence-corrected chi connectivity index (χ4v) is 4.40. The van der Waals surface area contributed by atoms with Gasteiger partial charge in [-0.1, -0.05) is 0 Å². The van der Waals surface area contributed by atoms with Gasteiger partial charge in [0.1, 0.15) is 6.10 Å². The monoisotopic (exact) mass is 349 g/mol. The molecule has 0 aliphatic heterocycles. The van der Waals surface area contributed by atoms with E-state index in [4.69, 9.17) is 11.6 Å². The van der Waals surface area contributed by atoms with Gasteiger partial charge >= 0.3 is 0 Å². The lowest BCUT2D eigenvalue weighted by atomic mass is 10.1. The molecule has 2 aromatic rings. The van der Waals surface area contributed by atoms with E-state index in [1.54, 1.807) is 6.33 Å². The van der Waals surface area contributed by atoms with Gasteiger partial charge in [0.25, 0.3) is 0 Å². The summed E-state index contributed by atoms with van der Waals surface area (Å²) in [6, 6.07) is 0.116. The maximum absolute atomic E-state index is 10.4. The number of anilines is 1. The van der Waals surface area contributed by atoms with Crippen LogP contribution in [0, 0.1) is 17.8 Å². The summed E-state index contributed by atoms with van der Waals surface area (Å²) >= 11 is 6.13. The van der Waals surface area contributed by atoms with E-state index in [-0.39, 0.29) is 23.2 Å². The topological polar surface area (TPSA) is 96.1 Å². The van der Waals surface area contributed by atoms with Gasteiger partial charge in [-0.3, -0.25) is 0 Å². The summed E-state index contributed by atoms with van der Waals surface area (Å²) in [7, 11) is 0. The molecule has 3 aliphatic carbocycles. The number of hydrogen-bond donors (Lipinski definition) is 3. The van der Waals surface area contributed by atoms with E-state index in [9.17, 15) is 10.2 Å². The molecule has 0 aromatic carbocycles. The number of aromatic nitrogens is 4. The van der Waals surface area contributed by atoms with E-state index in [0.29, 0.717) is 28.9 Å². The average molecular weight is 350 g/mol. The van der Waals surface area contributed by atoms with Gasteiger partial charge in [-0.05, 0) is 55.5 Å². The molecular formula is C16H20ClN5O2. The van der Waals surface area contributed by atoms with Crippen LogP contribution in [0.15, 0.2) is 6.33 Å². The van der Waals surface area contributed by atoms with Crippen LogP contribution < -0.4 is 5.32 Å². The molecule has 8 heteroatoms. The van der Waals surface area contributed by atoms with Crippen molar-refractivity contribution in [2.24, 2.45) is 17.8 Å². The lowest BCUT2D eigenvalue weighted by Gasteiger charge is -2.22. The predicted octanol–water partition coefficient (Wildman–Crippen LogP) is 1.60. The zero-order chi connectivity index (χ0) is 16.6. The standard InChI is InChI=1S/C16H20ClN5O2/c1-6(7-2-3-7)19-14-10-15(21-16(17)20-14)22(5-18-10)11-8-4-9(8)12(23)13(11)24/h5-9,11-13,23-24H,2-4H2,1H3,(H,19,20,21)/t6?,8-,9+,11+,12+,13-/m0/s1. The van der Waals surface area contributed by atoms with Crippen molar-refractivity contribution in [2.75, 3.05) is 5.32 Å². The fourth-order valence-electron chi connectivity index (χ4n) is 4.24.